The van der Waals surface area contributed by atoms with E-state index in [1.54, 1.807) is 19.1 Å². The zero-order chi connectivity index (χ0) is 26.9. The van der Waals surface area contributed by atoms with Crippen LogP contribution in [-0.4, -0.2) is 48.0 Å². The van der Waals surface area contributed by atoms with Gasteiger partial charge in [-0.2, -0.15) is 0 Å². The van der Waals surface area contributed by atoms with Gasteiger partial charge in [0.25, 0.3) is 0 Å². The normalized spacial score (nSPS) is 20.6. The smallest absolute Gasteiger partial charge is 0.476 e. The Bertz CT molecular complexity index is 1250. The van der Waals surface area contributed by atoms with Gasteiger partial charge in [0, 0.05) is 23.3 Å². The second kappa shape index (κ2) is 12.5. The molecule has 0 amide bonds. The van der Waals surface area contributed by atoms with E-state index in [0.29, 0.717) is 10.9 Å². The van der Waals surface area contributed by atoms with Crippen LogP contribution in [0.25, 0.3) is 11.0 Å². The average molecular weight is 534 g/mol. The van der Waals surface area contributed by atoms with Crippen molar-refractivity contribution in [2.45, 2.75) is 30.7 Å². The van der Waals surface area contributed by atoms with Crippen molar-refractivity contribution in [3.8, 4) is 5.75 Å². The maximum atomic E-state index is 12.2. The summed E-state index contributed by atoms with van der Waals surface area (Å²) in [4.78, 5) is 48.0. The Morgan fingerprint density at radius 3 is 2.14 bits per heavy atom. The standard InChI is InChI=1S/C24H22O12S/c1-5-29-22(26)34-17-12-37-21(20(36-24(28)31-7-3)19(17)35-23(27)30-6-2)32-14-8-9-15-13(4)10-18(25)33-16(15)11-14/h5-11,17,19-21H,1-3,12H2,4H3/t17-,19+,20-,21-/m1/s1. The number of hydrogen-bond acceptors (Lipinski definition) is 13. The predicted molar refractivity (Wildman–Crippen MR) is 129 cm³/mol. The topological polar surface area (TPSA) is 146 Å². The Hall–Kier alpha value is -4.39. The molecule has 1 fully saturated rings. The molecule has 0 N–H and O–H groups in total. The van der Waals surface area contributed by atoms with E-state index in [2.05, 4.69) is 33.9 Å². The lowest BCUT2D eigenvalue weighted by molar-refractivity contribution is -0.112. The number of fused-ring (bicyclic) bond motifs is 1. The molecule has 1 aromatic carbocycles. The molecular weight excluding hydrogens is 512 g/mol. The Labute approximate surface area is 214 Å². The maximum absolute atomic E-state index is 12.2. The van der Waals surface area contributed by atoms with E-state index in [9.17, 15) is 19.2 Å². The highest BCUT2D eigenvalue weighted by molar-refractivity contribution is 7.99. The highest BCUT2D eigenvalue weighted by Crippen LogP contribution is 2.35. The third-order valence-corrected chi connectivity index (χ3v) is 6.02. The highest BCUT2D eigenvalue weighted by Gasteiger charge is 2.49. The van der Waals surface area contributed by atoms with Crippen molar-refractivity contribution in [1.29, 1.82) is 0 Å². The van der Waals surface area contributed by atoms with Gasteiger partial charge in [-0.1, -0.05) is 19.7 Å². The highest BCUT2D eigenvalue weighted by atomic mass is 32.2. The predicted octanol–water partition coefficient (Wildman–Crippen LogP) is 4.55. The molecule has 0 aliphatic carbocycles. The van der Waals surface area contributed by atoms with Crippen LogP contribution in [0.2, 0.25) is 0 Å². The molecule has 0 radical (unpaired) electrons. The molecule has 2 heterocycles. The second-order valence-electron chi connectivity index (χ2n) is 7.15. The van der Waals surface area contributed by atoms with Crippen molar-refractivity contribution in [2.24, 2.45) is 0 Å². The van der Waals surface area contributed by atoms with Gasteiger partial charge in [0.1, 0.15) is 11.3 Å². The molecule has 37 heavy (non-hydrogen) atoms. The zero-order valence-corrected chi connectivity index (χ0v) is 20.3. The van der Waals surface area contributed by atoms with Gasteiger partial charge in [-0.25, -0.2) is 19.2 Å². The van der Waals surface area contributed by atoms with E-state index in [-0.39, 0.29) is 17.1 Å². The van der Waals surface area contributed by atoms with E-state index in [0.717, 1.165) is 30.5 Å². The molecule has 1 saturated heterocycles. The number of aryl methyl sites for hydroxylation is 1. The van der Waals surface area contributed by atoms with Crippen LogP contribution in [0, 0.1) is 6.92 Å². The molecule has 13 heteroatoms. The lowest BCUT2D eigenvalue weighted by Crippen LogP contribution is -2.56. The summed E-state index contributed by atoms with van der Waals surface area (Å²) in [5.74, 6) is 0.253. The van der Waals surface area contributed by atoms with Crippen LogP contribution in [-0.2, 0) is 28.4 Å². The number of thioether (sulfide) groups is 1. The molecule has 0 unspecified atom stereocenters. The molecular formula is C24H22O12S. The summed E-state index contributed by atoms with van der Waals surface area (Å²) in [6, 6.07) is 6.14. The molecule has 3 rings (SSSR count). The number of hydrogen-bond donors (Lipinski definition) is 0. The first-order valence-electron chi connectivity index (χ1n) is 10.5. The number of benzene rings is 1. The van der Waals surface area contributed by atoms with Gasteiger partial charge in [-0.05, 0) is 24.6 Å². The van der Waals surface area contributed by atoms with Crippen LogP contribution < -0.4 is 10.4 Å². The van der Waals surface area contributed by atoms with Gasteiger partial charge in [0.05, 0.1) is 18.8 Å². The fourth-order valence-corrected chi connectivity index (χ4v) is 4.58. The maximum Gasteiger partial charge on any atom is 0.513 e. The van der Waals surface area contributed by atoms with E-state index in [4.69, 9.17) is 23.4 Å². The Morgan fingerprint density at radius 2 is 1.51 bits per heavy atom. The Morgan fingerprint density at radius 1 is 0.919 bits per heavy atom. The summed E-state index contributed by atoms with van der Waals surface area (Å²) < 4.78 is 40.9. The Balaban J connectivity index is 1.95. The summed E-state index contributed by atoms with van der Waals surface area (Å²) in [5, 5.41) is 0.688. The monoisotopic (exact) mass is 534 g/mol. The van der Waals surface area contributed by atoms with Crippen molar-refractivity contribution in [1.82, 2.24) is 0 Å². The summed E-state index contributed by atoms with van der Waals surface area (Å²) in [6.07, 6.45) is -5.06. The molecule has 0 saturated carbocycles. The molecule has 2 aromatic rings. The van der Waals surface area contributed by atoms with Crippen LogP contribution in [0.1, 0.15) is 5.56 Å². The molecule has 4 atom stereocenters. The van der Waals surface area contributed by atoms with Gasteiger partial charge < -0.3 is 37.6 Å². The number of carbonyl (C=O) groups is 3. The largest absolute Gasteiger partial charge is 0.513 e. The quantitative estimate of drug-likeness (QED) is 0.202. The van der Waals surface area contributed by atoms with Crippen LogP contribution >= 0.6 is 11.8 Å². The zero-order valence-electron chi connectivity index (χ0n) is 19.5. The van der Waals surface area contributed by atoms with E-state index in [1.165, 1.54) is 12.1 Å². The van der Waals surface area contributed by atoms with Gasteiger partial charge in [-0.15, -0.1) is 11.8 Å². The van der Waals surface area contributed by atoms with Crippen molar-refractivity contribution in [3.63, 3.8) is 0 Å². The van der Waals surface area contributed by atoms with Crippen LogP contribution in [0.4, 0.5) is 14.4 Å². The SMILES string of the molecule is C=COC(=O)O[C@@H]1[C@@H](OC(=O)OC=C)[C@H](OC(=O)OC=C)CS[C@H]1Oc1ccc2c(C)cc(=O)oc2c1. The molecule has 1 aliphatic heterocycles. The van der Waals surface area contributed by atoms with Crippen molar-refractivity contribution < 1.29 is 52.0 Å². The first-order valence-corrected chi connectivity index (χ1v) is 11.6. The van der Waals surface area contributed by atoms with Gasteiger partial charge in [0.15, 0.2) is 23.7 Å². The van der Waals surface area contributed by atoms with E-state index >= 15 is 0 Å². The molecule has 12 nitrogen and oxygen atoms in total. The second-order valence-corrected chi connectivity index (χ2v) is 8.28. The fourth-order valence-electron chi connectivity index (χ4n) is 3.36. The van der Waals surface area contributed by atoms with Gasteiger partial charge in [-0.3, -0.25) is 0 Å². The minimum Gasteiger partial charge on any atom is -0.476 e. The summed E-state index contributed by atoms with van der Waals surface area (Å²) in [7, 11) is 0. The molecule has 1 aromatic heterocycles. The fraction of sp³-hybridized carbons (Fsp3) is 0.250. The lowest BCUT2D eigenvalue weighted by Gasteiger charge is -2.39. The third kappa shape index (κ3) is 7.07. The summed E-state index contributed by atoms with van der Waals surface area (Å²) in [6.45, 7) is 11.6. The van der Waals surface area contributed by atoms with E-state index < -0.39 is 47.8 Å². The van der Waals surface area contributed by atoms with Crippen LogP contribution in [0.15, 0.2) is 72.0 Å². The van der Waals surface area contributed by atoms with E-state index in [1.807, 2.05) is 0 Å². The molecule has 196 valence electrons. The summed E-state index contributed by atoms with van der Waals surface area (Å²) in [5.41, 5.74) is -0.590. The number of rotatable bonds is 8. The molecule has 0 bridgehead atoms. The number of carbonyl (C=O) groups excluding carboxylic acids is 3. The first kappa shape index (κ1) is 27.2. The van der Waals surface area contributed by atoms with Crippen LogP contribution in [0.3, 0.4) is 0 Å². The minimum atomic E-state index is -1.44. The minimum absolute atomic E-state index is 0.0150. The van der Waals surface area contributed by atoms with Gasteiger partial charge >= 0.3 is 24.1 Å². The first-order chi connectivity index (χ1) is 17.7. The number of ether oxygens (including phenoxy) is 7. The van der Waals surface area contributed by atoms with Gasteiger partial charge in [0.2, 0.25) is 0 Å². The van der Waals surface area contributed by atoms with Crippen molar-refractivity contribution in [3.05, 3.63) is 78.8 Å². The van der Waals surface area contributed by atoms with Crippen molar-refractivity contribution >= 4 is 41.2 Å². The van der Waals surface area contributed by atoms with Crippen molar-refractivity contribution in [2.75, 3.05) is 5.75 Å². The molecule has 0 spiro atoms. The third-order valence-electron chi connectivity index (χ3n) is 4.81. The van der Waals surface area contributed by atoms with Crippen LogP contribution in [0.5, 0.6) is 5.75 Å². The lowest BCUT2D eigenvalue weighted by atomic mass is 10.1. The Kier molecular flexibility index (Phi) is 9.21. The average Bonchev–Trinajstić information content (AvgIpc) is 2.82. The molecule has 1 aliphatic rings. The summed E-state index contributed by atoms with van der Waals surface area (Å²) >= 11 is 1.07.